The summed E-state index contributed by atoms with van der Waals surface area (Å²) in [4.78, 5) is 10.6. The lowest BCUT2D eigenvalue weighted by molar-refractivity contribution is -0.143. The van der Waals surface area contributed by atoms with Crippen LogP contribution in [-0.4, -0.2) is 18.7 Å². The topological polar surface area (TPSA) is 35.5 Å². The number of hydrogen-bond acceptors (Lipinski definition) is 3. The molecular weight excluding hydrogens is 216 g/mol. The number of hydrogen-bond donors (Lipinski definition) is 0. The van der Waals surface area contributed by atoms with Gasteiger partial charge in [-0.3, -0.25) is 4.79 Å². The van der Waals surface area contributed by atoms with Crippen LogP contribution in [0.4, 0.5) is 0 Å². The summed E-state index contributed by atoms with van der Waals surface area (Å²) in [5, 5.41) is 0.655. The molecule has 1 aliphatic heterocycles. The van der Waals surface area contributed by atoms with Gasteiger partial charge in [-0.1, -0.05) is 17.7 Å². The molecule has 0 aliphatic carbocycles. The fraction of sp³-hybridized carbons (Fsp3) is 0.364. The van der Waals surface area contributed by atoms with Crippen molar-refractivity contribution in [2.24, 2.45) is 0 Å². The molecule has 0 radical (unpaired) electrons. The summed E-state index contributed by atoms with van der Waals surface area (Å²) >= 11 is 5.83. The first-order valence-electron chi connectivity index (χ1n) is 4.73. The molecule has 0 saturated heterocycles. The molecule has 1 atom stereocenters. The Kier molecular flexibility index (Phi) is 2.82. The lowest BCUT2D eigenvalue weighted by Crippen LogP contribution is -2.21. The molecule has 1 aromatic carbocycles. The molecule has 1 heterocycles. The van der Waals surface area contributed by atoms with Crippen LogP contribution in [0.1, 0.15) is 12.5 Å². The van der Waals surface area contributed by atoms with Crippen LogP contribution in [0.25, 0.3) is 0 Å². The number of fused-ring (bicyclic) bond motifs is 1. The Morgan fingerprint density at radius 2 is 2.47 bits per heavy atom. The van der Waals surface area contributed by atoms with Gasteiger partial charge < -0.3 is 9.47 Å². The van der Waals surface area contributed by atoms with Gasteiger partial charge in [0.05, 0.1) is 0 Å². The van der Waals surface area contributed by atoms with Crippen molar-refractivity contribution in [1.82, 2.24) is 0 Å². The van der Waals surface area contributed by atoms with Crippen LogP contribution in [0.5, 0.6) is 5.75 Å². The Morgan fingerprint density at radius 3 is 3.20 bits per heavy atom. The molecule has 80 valence electrons. The van der Waals surface area contributed by atoms with E-state index in [2.05, 4.69) is 0 Å². The zero-order valence-corrected chi connectivity index (χ0v) is 9.08. The minimum atomic E-state index is -0.285. The Hall–Kier alpha value is -1.22. The van der Waals surface area contributed by atoms with Gasteiger partial charge in [0.15, 0.2) is 0 Å². The van der Waals surface area contributed by atoms with Gasteiger partial charge in [-0.05, 0) is 17.7 Å². The van der Waals surface area contributed by atoms with E-state index in [1.807, 2.05) is 12.1 Å². The van der Waals surface area contributed by atoms with Crippen LogP contribution in [0.3, 0.4) is 0 Å². The molecule has 1 aliphatic rings. The maximum absolute atomic E-state index is 10.6. The Balaban J connectivity index is 2.00. The molecule has 3 nitrogen and oxygen atoms in total. The first kappa shape index (κ1) is 10.3. The van der Waals surface area contributed by atoms with Crippen molar-refractivity contribution in [1.29, 1.82) is 0 Å². The van der Waals surface area contributed by atoms with E-state index in [0.29, 0.717) is 11.6 Å². The normalized spacial score (nSPS) is 18.1. The molecule has 0 fully saturated rings. The average molecular weight is 227 g/mol. The summed E-state index contributed by atoms with van der Waals surface area (Å²) in [5.41, 5.74) is 1.11. The van der Waals surface area contributed by atoms with Crippen LogP contribution >= 0.6 is 11.6 Å². The molecule has 0 N–H and O–H groups in total. The lowest BCUT2D eigenvalue weighted by atomic mass is 10.1. The third kappa shape index (κ3) is 2.42. The SMILES string of the molecule is CC(=O)OCC1Cc2ccc(Cl)cc2O1. The number of carbonyl (C=O) groups is 1. The number of ether oxygens (including phenoxy) is 2. The second-order valence-electron chi connectivity index (χ2n) is 3.50. The molecular formula is C11H11ClO3. The summed E-state index contributed by atoms with van der Waals surface area (Å²) in [5.74, 6) is 0.507. The van der Waals surface area contributed by atoms with Gasteiger partial charge in [0.25, 0.3) is 0 Å². The number of carbonyl (C=O) groups excluding carboxylic acids is 1. The van der Waals surface area contributed by atoms with Crippen LogP contribution in [0.15, 0.2) is 18.2 Å². The quantitative estimate of drug-likeness (QED) is 0.726. The molecule has 0 spiro atoms. The van der Waals surface area contributed by atoms with Crippen LogP contribution in [0.2, 0.25) is 5.02 Å². The van der Waals surface area contributed by atoms with Gasteiger partial charge in [-0.25, -0.2) is 0 Å². The molecule has 0 aromatic heterocycles. The lowest BCUT2D eigenvalue weighted by Gasteiger charge is -2.09. The number of benzene rings is 1. The Labute approximate surface area is 92.9 Å². The van der Waals surface area contributed by atoms with E-state index in [1.165, 1.54) is 6.92 Å². The predicted molar refractivity (Wildman–Crippen MR) is 56.2 cm³/mol. The number of rotatable bonds is 2. The maximum atomic E-state index is 10.6. The van der Waals surface area contributed by atoms with Gasteiger partial charge >= 0.3 is 5.97 Å². The van der Waals surface area contributed by atoms with Crippen molar-refractivity contribution in [2.75, 3.05) is 6.61 Å². The van der Waals surface area contributed by atoms with E-state index >= 15 is 0 Å². The smallest absolute Gasteiger partial charge is 0.302 e. The van der Waals surface area contributed by atoms with E-state index in [1.54, 1.807) is 6.07 Å². The zero-order valence-electron chi connectivity index (χ0n) is 8.33. The van der Waals surface area contributed by atoms with Crippen LogP contribution in [0, 0.1) is 0 Å². The summed E-state index contributed by atoms with van der Waals surface area (Å²) in [6.45, 7) is 1.68. The largest absolute Gasteiger partial charge is 0.486 e. The minimum Gasteiger partial charge on any atom is -0.486 e. The molecule has 0 saturated carbocycles. The van der Waals surface area contributed by atoms with E-state index in [-0.39, 0.29) is 12.1 Å². The molecule has 0 amide bonds. The van der Waals surface area contributed by atoms with Crippen molar-refractivity contribution in [2.45, 2.75) is 19.4 Å². The van der Waals surface area contributed by atoms with Gasteiger partial charge in [0.1, 0.15) is 18.5 Å². The fourth-order valence-corrected chi connectivity index (χ4v) is 1.74. The highest BCUT2D eigenvalue weighted by Crippen LogP contribution is 2.31. The van der Waals surface area contributed by atoms with Gasteiger partial charge in [-0.15, -0.1) is 0 Å². The minimum absolute atomic E-state index is 0.0811. The first-order chi connectivity index (χ1) is 7.15. The van der Waals surface area contributed by atoms with E-state index in [9.17, 15) is 4.79 Å². The third-order valence-electron chi connectivity index (χ3n) is 2.24. The van der Waals surface area contributed by atoms with Crippen molar-refractivity contribution in [3.63, 3.8) is 0 Å². The molecule has 4 heteroatoms. The Morgan fingerprint density at radius 1 is 1.67 bits per heavy atom. The third-order valence-corrected chi connectivity index (χ3v) is 2.48. The predicted octanol–water partition coefficient (Wildman–Crippen LogP) is 2.21. The monoisotopic (exact) mass is 226 g/mol. The van der Waals surface area contributed by atoms with Crippen molar-refractivity contribution in [3.05, 3.63) is 28.8 Å². The first-order valence-corrected chi connectivity index (χ1v) is 5.11. The van der Waals surface area contributed by atoms with E-state index in [0.717, 1.165) is 17.7 Å². The molecule has 1 unspecified atom stereocenters. The van der Waals surface area contributed by atoms with Crippen LogP contribution in [-0.2, 0) is 16.0 Å². The van der Waals surface area contributed by atoms with Gasteiger partial charge in [0, 0.05) is 18.4 Å². The van der Waals surface area contributed by atoms with Crippen molar-refractivity contribution >= 4 is 17.6 Å². The van der Waals surface area contributed by atoms with E-state index < -0.39 is 0 Å². The van der Waals surface area contributed by atoms with Gasteiger partial charge in [-0.2, -0.15) is 0 Å². The molecule has 1 aromatic rings. The zero-order chi connectivity index (χ0) is 10.8. The summed E-state index contributed by atoms with van der Waals surface area (Å²) < 4.78 is 10.5. The standard InChI is InChI=1S/C11H11ClO3/c1-7(13)14-6-10-4-8-2-3-9(12)5-11(8)15-10/h2-3,5,10H,4,6H2,1H3. The van der Waals surface area contributed by atoms with Crippen LogP contribution < -0.4 is 4.74 Å². The second-order valence-corrected chi connectivity index (χ2v) is 3.94. The highest BCUT2D eigenvalue weighted by atomic mass is 35.5. The molecule has 2 rings (SSSR count). The second kappa shape index (κ2) is 4.11. The molecule has 15 heavy (non-hydrogen) atoms. The van der Waals surface area contributed by atoms with Crippen molar-refractivity contribution in [3.8, 4) is 5.75 Å². The summed E-state index contributed by atoms with van der Waals surface area (Å²) in [6, 6.07) is 5.55. The summed E-state index contributed by atoms with van der Waals surface area (Å²) in [6.07, 6.45) is 0.683. The maximum Gasteiger partial charge on any atom is 0.302 e. The molecule has 0 bridgehead atoms. The highest BCUT2D eigenvalue weighted by Gasteiger charge is 2.23. The fourth-order valence-electron chi connectivity index (χ4n) is 1.58. The van der Waals surface area contributed by atoms with E-state index in [4.69, 9.17) is 21.1 Å². The van der Waals surface area contributed by atoms with Crippen molar-refractivity contribution < 1.29 is 14.3 Å². The van der Waals surface area contributed by atoms with Gasteiger partial charge in [0.2, 0.25) is 0 Å². The average Bonchev–Trinajstić information content (AvgIpc) is 2.56. The number of halogens is 1. The summed E-state index contributed by atoms with van der Waals surface area (Å²) in [7, 11) is 0. The highest BCUT2D eigenvalue weighted by molar-refractivity contribution is 6.30. The Bertz CT molecular complexity index is 389. The number of esters is 1.